The van der Waals surface area contributed by atoms with Crippen LogP contribution in [0, 0.1) is 0 Å². The van der Waals surface area contributed by atoms with E-state index in [-0.39, 0.29) is 5.41 Å². The van der Waals surface area contributed by atoms with Gasteiger partial charge in [0.25, 0.3) is 0 Å². The zero-order chi connectivity index (χ0) is 34.9. The first-order valence-electron chi connectivity index (χ1n) is 18.3. The predicted octanol–water partition coefficient (Wildman–Crippen LogP) is 12.6. The van der Waals surface area contributed by atoms with Crippen LogP contribution in [0.5, 0.6) is 0 Å². The third-order valence-electron chi connectivity index (χ3n) is 11.3. The van der Waals surface area contributed by atoms with Gasteiger partial charge in [-0.25, -0.2) is 9.97 Å². The molecule has 0 N–H and O–H groups in total. The van der Waals surface area contributed by atoms with Crippen LogP contribution >= 0.6 is 0 Å². The van der Waals surface area contributed by atoms with Gasteiger partial charge >= 0.3 is 0 Å². The minimum atomic E-state index is -0.373. The van der Waals surface area contributed by atoms with Crippen LogP contribution in [-0.4, -0.2) is 9.97 Å². The van der Waals surface area contributed by atoms with E-state index in [9.17, 15) is 0 Å². The lowest BCUT2D eigenvalue weighted by Gasteiger charge is -2.30. The summed E-state index contributed by atoms with van der Waals surface area (Å²) < 4.78 is 0. The third kappa shape index (κ3) is 4.27. The Hall–Kier alpha value is -6.90. The smallest absolute Gasteiger partial charge is 0.0979 e. The maximum atomic E-state index is 5.59. The van der Waals surface area contributed by atoms with Crippen molar-refractivity contribution in [2.24, 2.45) is 0 Å². The Morgan fingerprint density at radius 2 is 0.642 bits per heavy atom. The summed E-state index contributed by atoms with van der Waals surface area (Å²) in [6.45, 7) is 0. The van der Waals surface area contributed by atoms with Gasteiger partial charge in [-0.05, 0) is 61.7 Å². The molecule has 0 unspecified atom stereocenters. The predicted molar refractivity (Wildman–Crippen MR) is 218 cm³/mol. The summed E-state index contributed by atoms with van der Waals surface area (Å²) in [5, 5.41) is 0. The number of rotatable bonds is 4. The lowest BCUT2D eigenvalue weighted by Crippen LogP contribution is -2.25. The Bertz CT molecular complexity index is 2830. The zero-order valence-corrected chi connectivity index (χ0v) is 28.9. The molecule has 0 radical (unpaired) electrons. The molecule has 8 aromatic carbocycles. The summed E-state index contributed by atoms with van der Waals surface area (Å²) in [6.07, 6.45) is 0. The van der Waals surface area contributed by atoms with Crippen molar-refractivity contribution in [1.82, 2.24) is 9.97 Å². The summed E-state index contributed by atoms with van der Waals surface area (Å²) >= 11 is 0. The van der Waals surface area contributed by atoms with Gasteiger partial charge in [-0.2, -0.15) is 0 Å². The molecule has 0 bridgehead atoms. The Kier molecular flexibility index (Phi) is 6.50. The molecule has 0 saturated carbocycles. The van der Waals surface area contributed by atoms with Gasteiger partial charge in [0.05, 0.1) is 27.8 Å². The van der Waals surface area contributed by atoms with Crippen molar-refractivity contribution in [1.29, 1.82) is 0 Å². The largest absolute Gasteiger partial charge is 0.243 e. The van der Waals surface area contributed by atoms with Gasteiger partial charge in [0.15, 0.2) is 0 Å². The van der Waals surface area contributed by atoms with Gasteiger partial charge < -0.3 is 0 Å². The number of hydrogen-bond acceptors (Lipinski definition) is 2. The maximum Gasteiger partial charge on any atom is 0.0979 e. The highest BCUT2D eigenvalue weighted by atomic mass is 14.8. The van der Waals surface area contributed by atoms with Crippen LogP contribution < -0.4 is 0 Å². The van der Waals surface area contributed by atoms with Crippen LogP contribution in [0.1, 0.15) is 22.3 Å². The Labute approximate surface area is 308 Å². The Morgan fingerprint density at radius 1 is 0.264 bits per heavy atom. The lowest BCUT2D eigenvalue weighted by atomic mass is 9.70. The average Bonchev–Trinajstić information content (AvgIpc) is 3.71. The highest BCUT2D eigenvalue weighted by Gasteiger charge is 2.51. The lowest BCUT2D eigenvalue weighted by molar-refractivity contribution is 0.794. The van der Waals surface area contributed by atoms with Gasteiger partial charge in [0, 0.05) is 22.3 Å². The summed E-state index contributed by atoms with van der Waals surface area (Å²) in [5.74, 6) is 0. The number of hydrogen-bond donors (Lipinski definition) is 0. The second-order valence-electron chi connectivity index (χ2n) is 14.0. The standard InChI is InChI=1S/C51H32N2/c1-4-16-33(17-5-1)37-29-30-38(50-49(37)52-47(34-18-6-2-7-19-34)48(53-50)35-20-8-3-9-21-35)36-28-31-46-42(32-36)41-24-12-15-27-45(41)51(46)43-25-13-10-22-39(43)40-23-11-14-26-44(40)51/h1-32H. The molecule has 9 aromatic rings. The molecule has 0 fully saturated rings. The number of aromatic nitrogens is 2. The quantitative estimate of drug-likeness (QED) is 0.186. The van der Waals surface area contributed by atoms with Crippen LogP contribution in [0.2, 0.25) is 0 Å². The molecule has 0 saturated heterocycles. The Balaban J connectivity index is 1.20. The monoisotopic (exact) mass is 672 g/mol. The van der Waals surface area contributed by atoms with Crippen LogP contribution in [0.4, 0.5) is 0 Å². The summed E-state index contributed by atoms with van der Waals surface area (Å²) in [4.78, 5) is 11.1. The minimum Gasteiger partial charge on any atom is -0.243 e. The Morgan fingerprint density at radius 3 is 1.13 bits per heavy atom. The molecule has 2 aliphatic rings. The zero-order valence-electron chi connectivity index (χ0n) is 28.9. The molecule has 2 aliphatic carbocycles. The van der Waals surface area contributed by atoms with Crippen molar-refractivity contribution < 1.29 is 0 Å². The van der Waals surface area contributed by atoms with Crippen molar-refractivity contribution in [2.75, 3.05) is 0 Å². The summed E-state index contributed by atoms with van der Waals surface area (Å²) in [6, 6.07) is 69.9. The van der Waals surface area contributed by atoms with E-state index in [1.54, 1.807) is 0 Å². The van der Waals surface area contributed by atoms with Crippen molar-refractivity contribution >= 4 is 11.0 Å². The van der Waals surface area contributed by atoms with E-state index in [0.29, 0.717) is 0 Å². The average molecular weight is 673 g/mol. The molecule has 0 aliphatic heterocycles. The summed E-state index contributed by atoms with van der Waals surface area (Å²) in [5.41, 5.74) is 20.2. The molecular weight excluding hydrogens is 641 g/mol. The molecule has 1 spiro atoms. The number of benzene rings is 8. The number of fused-ring (bicyclic) bond motifs is 11. The van der Waals surface area contributed by atoms with Crippen LogP contribution in [-0.2, 0) is 5.41 Å². The first-order chi connectivity index (χ1) is 26.3. The maximum absolute atomic E-state index is 5.59. The van der Waals surface area contributed by atoms with Crippen molar-refractivity contribution in [3.05, 3.63) is 216 Å². The molecule has 11 rings (SSSR count). The fourth-order valence-corrected chi connectivity index (χ4v) is 9.08. The topological polar surface area (TPSA) is 25.8 Å². The molecule has 53 heavy (non-hydrogen) atoms. The number of nitrogens with zero attached hydrogens (tertiary/aromatic N) is 2. The molecule has 1 aromatic heterocycles. The normalized spacial score (nSPS) is 13.1. The fraction of sp³-hybridized carbons (Fsp3) is 0.0196. The molecule has 2 heteroatoms. The highest BCUT2D eigenvalue weighted by molar-refractivity contribution is 6.04. The molecule has 0 atom stereocenters. The van der Waals surface area contributed by atoms with Crippen molar-refractivity contribution in [3.63, 3.8) is 0 Å². The van der Waals surface area contributed by atoms with Crippen molar-refractivity contribution in [3.8, 4) is 67.0 Å². The van der Waals surface area contributed by atoms with E-state index >= 15 is 0 Å². The van der Waals surface area contributed by atoms with Gasteiger partial charge in [-0.3, -0.25) is 0 Å². The van der Waals surface area contributed by atoms with E-state index in [0.717, 1.165) is 55.8 Å². The van der Waals surface area contributed by atoms with E-state index in [1.807, 2.05) is 6.07 Å². The van der Waals surface area contributed by atoms with E-state index in [2.05, 4.69) is 188 Å². The second kappa shape index (κ2) is 11.6. The van der Waals surface area contributed by atoms with Gasteiger partial charge in [-0.1, -0.05) is 188 Å². The van der Waals surface area contributed by atoms with Crippen LogP contribution in [0.15, 0.2) is 194 Å². The van der Waals surface area contributed by atoms with E-state index < -0.39 is 0 Å². The highest BCUT2D eigenvalue weighted by Crippen LogP contribution is 2.63. The summed E-state index contributed by atoms with van der Waals surface area (Å²) in [7, 11) is 0. The third-order valence-corrected chi connectivity index (χ3v) is 11.3. The van der Waals surface area contributed by atoms with Gasteiger partial charge in [0.2, 0.25) is 0 Å². The molecule has 0 amide bonds. The first-order valence-corrected chi connectivity index (χ1v) is 18.3. The fourth-order valence-electron chi connectivity index (χ4n) is 9.08. The van der Waals surface area contributed by atoms with Gasteiger partial charge in [0.1, 0.15) is 0 Å². The SMILES string of the molecule is c1ccc(-c2nc3c(-c4ccccc4)ccc(-c4ccc5c(c4)-c4ccccc4C54c5ccccc5-c5ccccc54)c3nc2-c2ccccc2)cc1. The molecular formula is C51H32N2. The molecule has 246 valence electrons. The van der Waals surface area contributed by atoms with E-state index in [1.165, 1.54) is 44.5 Å². The second-order valence-corrected chi connectivity index (χ2v) is 14.0. The minimum absolute atomic E-state index is 0.373. The van der Waals surface area contributed by atoms with E-state index in [4.69, 9.17) is 9.97 Å². The van der Waals surface area contributed by atoms with Crippen LogP contribution in [0.25, 0.3) is 78.1 Å². The molecule has 1 heterocycles. The van der Waals surface area contributed by atoms with Crippen LogP contribution in [0.3, 0.4) is 0 Å². The molecule has 2 nitrogen and oxygen atoms in total. The van der Waals surface area contributed by atoms with Crippen molar-refractivity contribution in [2.45, 2.75) is 5.41 Å². The first kappa shape index (κ1) is 29.8. The van der Waals surface area contributed by atoms with Gasteiger partial charge in [-0.15, -0.1) is 0 Å².